The Balaban J connectivity index is 2.23. The van der Waals surface area contributed by atoms with Crippen LogP contribution in [0.25, 0.3) is 11.0 Å². The predicted octanol–water partition coefficient (Wildman–Crippen LogP) is 4.24. The van der Waals surface area contributed by atoms with Crippen LogP contribution in [0.3, 0.4) is 0 Å². The lowest BCUT2D eigenvalue weighted by atomic mass is 10.2. The fraction of sp³-hybridized carbons (Fsp3) is 0.333. The molecule has 0 bridgehead atoms. The van der Waals surface area contributed by atoms with Crippen molar-refractivity contribution in [2.75, 3.05) is 7.11 Å². The minimum Gasteiger partial charge on any atom is -0.497 e. The third kappa shape index (κ3) is 2.51. The number of nitrogens with zero attached hydrogens (tertiary/aromatic N) is 3. The van der Waals surface area contributed by atoms with Crippen LogP contribution in [0, 0.1) is 0 Å². The quantitative estimate of drug-likeness (QED) is 0.660. The molecule has 0 aliphatic heterocycles. The summed E-state index contributed by atoms with van der Waals surface area (Å²) in [5.74, 6) is 2.06. The second-order valence-electron chi connectivity index (χ2n) is 4.68. The largest absolute Gasteiger partial charge is 0.497 e. The summed E-state index contributed by atoms with van der Waals surface area (Å²) in [5.41, 5.74) is 1.97. The summed E-state index contributed by atoms with van der Waals surface area (Å²) in [5, 5.41) is 3.07. The Morgan fingerprint density at radius 3 is 2.90 bits per heavy atom. The number of hydrogen-bond acceptors (Lipinski definition) is 4. The summed E-state index contributed by atoms with van der Waals surface area (Å²) in [6, 6.07) is 6.04. The first-order valence-corrected chi connectivity index (χ1v) is 8.20. The van der Waals surface area contributed by atoms with Gasteiger partial charge in [0.2, 0.25) is 0 Å². The molecule has 1 atom stereocenters. The average Bonchev–Trinajstić information content (AvgIpc) is 3.16. The van der Waals surface area contributed by atoms with Gasteiger partial charge >= 0.3 is 0 Å². The number of alkyl halides is 1. The predicted molar refractivity (Wildman–Crippen MR) is 86.4 cm³/mol. The minimum atomic E-state index is 0.149. The molecule has 0 fully saturated rings. The van der Waals surface area contributed by atoms with Gasteiger partial charge in [0.25, 0.3) is 0 Å². The van der Waals surface area contributed by atoms with Gasteiger partial charge in [0, 0.05) is 17.6 Å². The summed E-state index contributed by atoms with van der Waals surface area (Å²) >= 11 is 7.77. The van der Waals surface area contributed by atoms with Crippen molar-refractivity contribution in [3.8, 4) is 5.75 Å². The fourth-order valence-electron chi connectivity index (χ4n) is 2.56. The Morgan fingerprint density at radius 2 is 2.29 bits per heavy atom. The van der Waals surface area contributed by atoms with Gasteiger partial charge in [0.05, 0.1) is 30.1 Å². The van der Waals surface area contributed by atoms with E-state index in [1.807, 2.05) is 29.8 Å². The van der Waals surface area contributed by atoms with Crippen LogP contribution in [0.15, 0.2) is 29.8 Å². The Bertz CT molecular complexity index is 739. The molecule has 3 rings (SSSR count). The number of fused-ring (bicyclic) bond motifs is 1. The van der Waals surface area contributed by atoms with Gasteiger partial charge in [0.15, 0.2) is 0 Å². The Kier molecular flexibility index (Phi) is 4.12. The summed E-state index contributed by atoms with van der Waals surface area (Å²) in [6.07, 6.45) is 2.77. The first-order valence-electron chi connectivity index (χ1n) is 6.78. The molecule has 4 nitrogen and oxygen atoms in total. The third-order valence-electron chi connectivity index (χ3n) is 3.52. The number of halogens is 1. The molecule has 0 amide bonds. The van der Waals surface area contributed by atoms with E-state index in [2.05, 4.69) is 21.5 Å². The van der Waals surface area contributed by atoms with Crippen LogP contribution >= 0.6 is 22.9 Å². The van der Waals surface area contributed by atoms with Crippen molar-refractivity contribution in [2.45, 2.75) is 25.3 Å². The maximum Gasteiger partial charge on any atom is 0.125 e. The molecular weight excluding hydrogens is 306 g/mol. The molecule has 1 aromatic carbocycles. The van der Waals surface area contributed by atoms with E-state index in [0.717, 1.165) is 34.0 Å². The second kappa shape index (κ2) is 6.03. The fourth-order valence-corrected chi connectivity index (χ4v) is 3.56. The molecule has 0 saturated heterocycles. The number of benzene rings is 1. The van der Waals surface area contributed by atoms with Crippen LogP contribution < -0.4 is 4.74 Å². The number of thiazole rings is 1. The SMILES string of the molecule is CCC(c1nccs1)n1c(CCl)nc2ccc(OC)cc21. The Hall–Kier alpha value is -1.59. The van der Waals surface area contributed by atoms with Gasteiger partial charge in [-0.15, -0.1) is 22.9 Å². The summed E-state index contributed by atoms with van der Waals surface area (Å²) in [7, 11) is 1.67. The average molecular weight is 322 g/mol. The van der Waals surface area contributed by atoms with Gasteiger partial charge in [-0.05, 0) is 18.6 Å². The number of aromatic nitrogens is 3. The molecule has 21 heavy (non-hydrogen) atoms. The monoisotopic (exact) mass is 321 g/mol. The van der Waals surface area contributed by atoms with Gasteiger partial charge in [0.1, 0.15) is 16.6 Å². The lowest BCUT2D eigenvalue weighted by Gasteiger charge is -2.18. The number of ether oxygens (including phenoxy) is 1. The van der Waals surface area contributed by atoms with Crippen LogP contribution in [-0.4, -0.2) is 21.6 Å². The molecule has 110 valence electrons. The zero-order valence-electron chi connectivity index (χ0n) is 11.9. The van der Waals surface area contributed by atoms with Crippen molar-refractivity contribution in [1.82, 2.24) is 14.5 Å². The van der Waals surface area contributed by atoms with Crippen LogP contribution in [-0.2, 0) is 5.88 Å². The molecule has 0 radical (unpaired) electrons. The van der Waals surface area contributed by atoms with Gasteiger partial charge < -0.3 is 9.30 Å². The van der Waals surface area contributed by atoms with E-state index < -0.39 is 0 Å². The van der Waals surface area contributed by atoms with Gasteiger partial charge in [-0.25, -0.2) is 9.97 Å². The molecule has 2 heterocycles. The number of hydrogen-bond donors (Lipinski definition) is 0. The highest BCUT2D eigenvalue weighted by atomic mass is 35.5. The summed E-state index contributed by atoms with van der Waals surface area (Å²) in [6.45, 7) is 2.15. The number of rotatable bonds is 5. The number of imidazole rings is 1. The van der Waals surface area contributed by atoms with E-state index in [1.54, 1.807) is 18.4 Å². The maximum absolute atomic E-state index is 6.11. The lowest BCUT2D eigenvalue weighted by Crippen LogP contribution is -2.12. The van der Waals surface area contributed by atoms with E-state index in [9.17, 15) is 0 Å². The van der Waals surface area contributed by atoms with Gasteiger partial charge in [-0.1, -0.05) is 6.92 Å². The van der Waals surface area contributed by atoms with Crippen LogP contribution in [0.1, 0.15) is 30.2 Å². The molecule has 0 spiro atoms. The minimum absolute atomic E-state index is 0.149. The first kappa shape index (κ1) is 14.4. The molecule has 0 N–H and O–H groups in total. The van der Waals surface area contributed by atoms with E-state index in [-0.39, 0.29) is 6.04 Å². The molecule has 6 heteroatoms. The molecule has 0 aliphatic carbocycles. The van der Waals surface area contributed by atoms with Crippen molar-refractivity contribution < 1.29 is 4.74 Å². The van der Waals surface area contributed by atoms with Crippen molar-refractivity contribution >= 4 is 34.0 Å². The molecule has 2 aromatic heterocycles. The van der Waals surface area contributed by atoms with E-state index >= 15 is 0 Å². The van der Waals surface area contributed by atoms with Crippen molar-refractivity contribution in [3.05, 3.63) is 40.6 Å². The highest BCUT2D eigenvalue weighted by molar-refractivity contribution is 7.09. The van der Waals surface area contributed by atoms with Crippen LogP contribution in [0.2, 0.25) is 0 Å². The zero-order chi connectivity index (χ0) is 14.8. The van der Waals surface area contributed by atoms with Crippen molar-refractivity contribution in [3.63, 3.8) is 0 Å². The Morgan fingerprint density at radius 1 is 1.43 bits per heavy atom. The first-order chi connectivity index (χ1) is 10.3. The molecular formula is C15H16ClN3OS. The van der Waals surface area contributed by atoms with E-state index in [1.165, 1.54) is 0 Å². The highest BCUT2D eigenvalue weighted by Crippen LogP contribution is 2.32. The van der Waals surface area contributed by atoms with E-state index in [0.29, 0.717) is 5.88 Å². The normalized spacial score (nSPS) is 12.7. The molecule has 0 aliphatic rings. The topological polar surface area (TPSA) is 39.9 Å². The Labute approximate surface area is 132 Å². The lowest BCUT2D eigenvalue weighted by molar-refractivity contribution is 0.415. The van der Waals surface area contributed by atoms with Crippen LogP contribution in [0.4, 0.5) is 0 Å². The second-order valence-corrected chi connectivity index (χ2v) is 5.87. The molecule has 3 aromatic rings. The number of methoxy groups -OCH3 is 1. The van der Waals surface area contributed by atoms with Crippen molar-refractivity contribution in [2.24, 2.45) is 0 Å². The molecule has 0 saturated carbocycles. The third-order valence-corrected chi connectivity index (χ3v) is 4.64. The van der Waals surface area contributed by atoms with E-state index in [4.69, 9.17) is 16.3 Å². The highest BCUT2D eigenvalue weighted by Gasteiger charge is 2.21. The maximum atomic E-state index is 6.11. The van der Waals surface area contributed by atoms with Gasteiger partial charge in [-0.3, -0.25) is 0 Å². The molecule has 1 unspecified atom stereocenters. The zero-order valence-corrected chi connectivity index (χ0v) is 13.5. The smallest absolute Gasteiger partial charge is 0.125 e. The standard InChI is InChI=1S/C15H16ClN3OS/c1-3-12(15-17-6-7-21-15)19-13-8-10(20-2)4-5-11(13)18-14(19)9-16/h4-8,12H,3,9H2,1-2H3. The summed E-state index contributed by atoms with van der Waals surface area (Å²) in [4.78, 5) is 9.10. The van der Waals surface area contributed by atoms with Crippen molar-refractivity contribution in [1.29, 1.82) is 0 Å². The van der Waals surface area contributed by atoms with Crippen LogP contribution in [0.5, 0.6) is 5.75 Å². The van der Waals surface area contributed by atoms with Gasteiger partial charge in [-0.2, -0.15) is 0 Å². The summed E-state index contributed by atoms with van der Waals surface area (Å²) < 4.78 is 7.52.